The fourth-order valence-electron chi connectivity index (χ4n) is 5.96. The fourth-order valence-corrected chi connectivity index (χ4v) is 5.96. The Balaban J connectivity index is 0.000000162. The molecule has 0 saturated carbocycles. The van der Waals surface area contributed by atoms with Crippen molar-refractivity contribution in [1.29, 1.82) is 0 Å². The molecule has 2 atom stereocenters. The van der Waals surface area contributed by atoms with Crippen molar-refractivity contribution < 1.29 is 36.5 Å². The molecule has 0 aliphatic carbocycles. The van der Waals surface area contributed by atoms with Gasteiger partial charge in [0.05, 0.1) is 23.8 Å². The topological polar surface area (TPSA) is 115 Å². The van der Waals surface area contributed by atoms with Gasteiger partial charge in [-0.05, 0) is 122 Å². The third-order valence-corrected chi connectivity index (χ3v) is 8.53. The summed E-state index contributed by atoms with van der Waals surface area (Å²) in [6, 6.07) is 24.4. The number of rotatable bonds is 6. The molecule has 0 bridgehead atoms. The zero-order chi connectivity index (χ0) is 36.2. The molecule has 52 heavy (non-hydrogen) atoms. The summed E-state index contributed by atoms with van der Waals surface area (Å²) in [5.41, 5.74) is 14.7. The van der Waals surface area contributed by atoms with Crippen LogP contribution >= 0.6 is 0 Å². The summed E-state index contributed by atoms with van der Waals surface area (Å²) in [5, 5.41) is 0. The molecule has 0 saturated heterocycles. The predicted molar refractivity (Wildman–Crippen MR) is 186 cm³/mol. The molecule has 8 rings (SSSR count). The quantitative estimate of drug-likeness (QED) is 0.165. The summed E-state index contributed by atoms with van der Waals surface area (Å²) in [6.45, 7) is 0. The summed E-state index contributed by atoms with van der Waals surface area (Å²) in [5.74, 6) is 1.53. The van der Waals surface area contributed by atoms with Crippen LogP contribution in [-0.2, 0) is 12.8 Å². The highest BCUT2D eigenvalue weighted by molar-refractivity contribution is 5.46. The average molecular weight is 709 g/mol. The SMILES string of the molecule is Nc1ccc(Oc2ccc3c(c2)CCC(c2cc(F)ccc2F)O3)nc1.Nc1ccc(Oc2ccc3c(c2)CCC(c2cc(F)ccc2F)O3)nc1. The third kappa shape index (κ3) is 8.02. The molecule has 0 fully saturated rings. The lowest BCUT2D eigenvalue weighted by Gasteiger charge is -2.27. The molecule has 12 heteroatoms. The number of aryl methyl sites for hydroxylation is 2. The summed E-state index contributed by atoms with van der Waals surface area (Å²) >= 11 is 0. The first-order valence-electron chi connectivity index (χ1n) is 16.4. The second kappa shape index (κ2) is 14.9. The molecule has 8 nitrogen and oxygen atoms in total. The summed E-state index contributed by atoms with van der Waals surface area (Å²) < 4.78 is 78.0. The van der Waals surface area contributed by atoms with Crippen molar-refractivity contribution in [2.24, 2.45) is 0 Å². The Kier molecular flexibility index (Phi) is 9.79. The molecule has 2 unspecified atom stereocenters. The summed E-state index contributed by atoms with van der Waals surface area (Å²) in [6.07, 6.45) is 4.47. The maximum atomic E-state index is 14.0. The molecule has 2 aliphatic rings. The van der Waals surface area contributed by atoms with E-state index in [-0.39, 0.29) is 11.1 Å². The molecule has 0 amide bonds. The van der Waals surface area contributed by atoms with Gasteiger partial charge in [0, 0.05) is 23.3 Å². The van der Waals surface area contributed by atoms with E-state index in [0.29, 0.717) is 71.8 Å². The number of aromatic nitrogens is 2. The van der Waals surface area contributed by atoms with Crippen molar-refractivity contribution >= 4 is 11.4 Å². The Morgan fingerprint density at radius 3 is 1.38 bits per heavy atom. The van der Waals surface area contributed by atoms with Gasteiger partial charge in [0.1, 0.15) is 58.5 Å². The van der Waals surface area contributed by atoms with Crippen molar-refractivity contribution in [3.05, 3.63) is 155 Å². The number of anilines is 2. The predicted octanol–water partition coefficient (Wildman–Crippen LogP) is 9.60. The van der Waals surface area contributed by atoms with Gasteiger partial charge in [0.25, 0.3) is 0 Å². The van der Waals surface area contributed by atoms with Crippen molar-refractivity contribution in [3.63, 3.8) is 0 Å². The van der Waals surface area contributed by atoms with Crippen LogP contribution in [0.15, 0.2) is 109 Å². The van der Waals surface area contributed by atoms with Gasteiger partial charge in [-0.2, -0.15) is 0 Å². The number of benzene rings is 4. The highest BCUT2D eigenvalue weighted by Crippen LogP contribution is 2.40. The van der Waals surface area contributed by atoms with Crippen LogP contribution in [0.4, 0.5) is 28.9 Å². The molecule has 4 N–H and O–H groups in total. The van der Waals surface area contributed by atoms with Gasteiger partial charge >= 0.3 is 0 Å². The molecule has 2 aliphatic heterocycles. The normalized spacial score (nSPS) is 15.8. The van der Waals surface area contributed by atoms with Crippen molar-refractivity contribution in [3.8, 4) is 34.8 Å². The summed E-state index contributed by atoms with van der Waals surface area (Å²) in [4.78, 5) is 8.20. The lowest BCUT2D eigenvalue weighted by atomic mass is 9.97. The number of nitrogens with zero attached hydrogens (tertiary/aromatic N) is 2. The van der Waals surface area contributed by atoms with Crippen LogP contribution in [0.3, 0.4) is 0 Å². The van der Waals surface area contributed by atoms with Crippen LogP contribution in [0.25, 0.3) is 0 Å². The Hall–Kier alpha value is -6.30. The minimum absolute atomic E-state index is 0.238. The van der Waals surface area contributed by atoms with Gasteiger partial charge in [-0.25, -0.2) is 27.5 Å². The second-order valence-electron chi connectivity index (χ2n) is 12.2. The highest BCUT2D eigenvalue weighted by atomic mass is 19.1. The lowest BCUT2D eigenvalue weighted by Crippen LogP contribution is -2.16. The number of pyridine rings is 2. The Bertz CT molecular complexity index is 2050. The number of nitrogens with two attached hydrogens (primary N) is 2. The molecule has 6 aromatic rings. The van der Waals surface area contributed by atoms with Crippen LogP contribution in [0.5, 0.6) is 34.8 Å². The van der Waals surface area contributed by atoms with E-state index in [0.717, 1.165) is 35.4 Å². The number of nitrogen functional groups attached to an aromatic ring is 2. The van der Waals surface area contributed by atoms with Crippen molar-refractivity contribution in [2.75, 3.05) is 11.5 Å². The third-order valence-electron chi connectivity index (χ3n) is 8.53. The summed E-state index contributed by atoms with van der Waals surface area (Å²) in [7, 11) is 0. The van der Waals surface area contributed by atoms with Crippen LogP contribution < -0.4 is 30.4 Å². The van der Waals surface area contributed by atoms with E-state index in [1.54, 1.807) is 48.5 Å². The zero-order valence-electron chi connectivity index (χ0n) is 27.6. The van der Waals surface area contributed by atoms with Gasteiger partial charge in [-0.15, -0.1) is 0 Å². The van der Waals surface area contributed by atoms with Gasteiger partial charge in [-0.3, -0.25) is 0 Å². The number of ether oxygens (including phenoxy) is 4. The van der Waals surface area contributed by atoms with E-state index in [1.807, 2.05) is 12.1 Å². The molecule has 4 aromatic carbocycles. The number of hydrogen-bond donors (Lipinski definition) is 2. The minimum atomic E-state index is -0.510. The van der Waals surface area contributed by atoms with E-state index in [4.69, 9.17) is 30.4 Å². The minimum Gasteiger partial charge on any atom is -0.485 e. The largest absolute Gasteiger partial charge is 0.485 e. The molecular weight excluding hydrogens is 676 g/mol. The molecule has 2 aromatic heterocycles. The lowest BCUT2D eigenvalue weighted by molar-refractivity contribution is 0.171. The zero-order valence-corrected chi connectivity index (χ0v) is 27.6. The van der Waals surface area contributed by atoms with Gasteiger partial charge < -0.3 is 30.4 Å². The second-order valence-corrected chi connectivity index (χ2v) is 12.2. The van der Waals surface area contributed by atoms with E-state index in [2.05, 4.69) is 9.97 Å². The van der Waals surface area contributed by atoms with E-state index >= 15 is 0 Å². The van der Waals surface area contributed by atoms with Crippen molar-refractivity contribution in [2.45, 2.75) is 37.9 Å². The molecular formula is C40H32F4N4O4. The van der Waals surface area contributed by atoms with Crippen LogP contribution in [0.1, 0.15) is 47.3 Å². The smallest absolute Gasteiger partial charge is 0.219 e. The Morgan fingerprint density at radius 1 is 0.538 bits per heavy atom. The first-order valence-corrected chi connectivity index (χ1v) is 16.4. The number of fused-ring (bicyclic) bond motifs is 2. The molecule has 0 radical (unpaired) electrons. The number of hydrogen-bond acceptors (Lipinski definition) is 8. The Labute approximate surface area is 296 Å². The van der Waals surface area contributed by atoms with Crippen LogP contribution in [-0.4, -0.2) is 9.97 Å². The van der Waals surface area contributed by atoms with Gasteiger partial charge in [0.15, 0.2) is 0 Å². The Morgan fingerprint density at radius 2 is 0.981 bits per heavy atom. The maximum Gasteiger partial charge on any atom is 0.219 e. The van der Waals surface area contributed by atoms with E-state index in [1.165, 1.54) is 24.5 Å². The van der Waals surface area contributed by atoms with Gasteiger partial charge in [0.2, 0.25) is 11.8 Å². The first kappa shape index (κ1) is 34.2. The van der Waals surface area contributed by atoms with E-state index < -0.39 is 35.5 Å². The van der Waals surface area contributed by atoms with E-state index in [9.17, 15) is 17.6 Å². The van der Waals surface area contributed by atoms with Crippen molar-refractivity contribution in [1.82, 2.24) is 9.97 Å². The van der Waals surface area contributed by atoms with Crippen LogP contribution in [0, 0.1) is 23.3 Å². The maximum absolute atomic E-state index is 14.0. The molecule has 0 spiro atoms. The average Bonchev–Trinajstić information content (AvgIpc) is 3.15. The van der Waals surface area contributed by atoms with Gasteiger partial charge in [-0.1, -0.05) is 0 Å². The standard InChI is InChI=1S/2C20H16F2N2O2/c2*21-13-2-5-17(22)16(10-13)19-6-1-12-9-15(4-7-18(12)26-19)25-20-8-3-14(23)11-24-20/h2*2-5,7-11,19H,1,6,23H2. The first-order chi connectivity index (χ1) is 25.2. The van der Waals surface area contributed by atoms with Crippen LogP contribution in [0.2, 0.25) is 0 Å². The monoisotopic (exact) mass is 708 g/mol. The highest BCUT2D eigenvalue weighted by Gasteiger charge is 2.26. The molecule has 4 heterocycles. The number of halogens is 4. The molecule has 264 valence electrons. The fraction of sp³-hybridized carbons (Fsp3) is 0.150.